The van der Waals surface area contributed by atoms with Crippen molar-refractivity contribution in [1.82, 2.24) is 0 Å². The topological polar surface area (TPSA) is 152 Å². The van der Waals surface area contributed by atoms with Crippen LogP contribution < -0.4 is 0 Å². The zero-order valence-electron chi connectivity index (χ0n) is 25.1. The van der Waals surface area contributed by atoms with Gasteiger partial charge in [0.15, 0.2) is 14.6 Å². The van der Waals surface area contributed by atoms with Gasteiger partial charge >= 0.3 is 5.97 Å². The van der Waals surface area contributed by atoms with Crippen LogP contribution in [0.3, 0.4) is 0 Å². The molecule has 14 heteroatoms. The van der Waals surface area contributed by atoms with E-state index in [-0.39, 0.29) is 55.0 Å². The maximum atomic E-state index is 12.2. The van der Waals surface area contributed by atoms with Crippen LogP contribution in [0.15, 0.2) is 0 Å². The Balaban J connectivity index is 2.32. The Morgan fingerprint density at radius 2 is 1.70 bits per heavy atom. The van der Waals surface area contributed by atoms with Crippen molar-refractivity contribution in [3.63, 3.8) is 0 Å². The minimum Gasteiger partial charge on any atom is -0.481 e. The summed E-state index contributed by atoms with van der Waals surface area (Å²) in [4.78, 5) is 11.0. The summed E-state index contributed by atoms with van der Waals surface area (Å²) in [6.07, 6.45) is 3.91. The van der Waals surface area contributed by atoms with Gasteiger partial charge in [-0.25, -0.2) is 0 Å². The average Bonchev–Trinajstić information content (AvgIpc) is 3.08. The Morgan fingerprint density at radius 3 is 2.23 bits per heavy atom. The number of ether oxygens (including phenoxy) is 2. The molecular weight excluding hydrogens is 580 g/mol. The number of carboxylic acids is 1. The second kappa shape index (κ2) is 14.7. The zero-order chi connectivity index (χ0) is 30.4. The van der Waals surface area contributed by atoms with E-state index < -0.39 is 46.7 Å². The summed E-state index contributed by atoms with van der Waals surface area (Å²) in [7, 11) is -9.74. The number of carboxylic acid groups (broad SMARTS) is 1. The van der Waals surface area contributed by atoms with Crippen molar-refractivity contribution in [1.29, 1.82) is 0 Å². The number of hydrogen-bond donors (Lipinski definition) is 1. The van der Waals surface area contributed by atoms with E-state index in [1.807, 2.05) is 0 Å². The average molecular weight is 631 g/mol. The van der Waals surface area contributed by atoms with Gasteiger partial charge in [0.1, 0.15) is 0 Å². The van der Waals surface area contributed by atoms with Crippen molar-refractivity contribution >= 4 is 34.5 Å². The third-order valence-electron chi connectivity index (χ3n) is 8.22. The molecule has 1 aliphatic heterocycles. The van der Waals surface area contributed by atoms with Gasteiger partial charge in [0.25, 0.3) is 20.2 Å². The molecule has 2 fully saturated rings. The first-order valence-corrected chi connectivity index (χ1v) is 20.7. The lowest BCUT2D eigenvalue weighted by Crippen LogP contribution is -2.44. The summed E-state index contributed by atoms with van der Waals surface area (Å²) < 4.78 is 78.1. The van der Waals surface area contributed by atoms with Gasteiger partial charge in [0, 0.05) is 32.0 Å². The van der Waals surface area contributed by atoms with E-state index in [1.54, 1.807) is 0 Å². The van der Waals surface area contributed by atoms with Crippen molar-refractivity contribution in [2.24, 2.45) is 11.8 Å². The monoisotopic (exact) mass is 630 g/mol. The summed E-state index contributed by atoms with van der Waals surface area (Å²) >= 11 is 0. The fraction of sp³-hybridized carbons (Fsp3) is 0.962. The van der Waals surface area contributed by atoms with Gasteiger partial charge in [0.2, 0.25) is 0 Å². The lowest BCUT2D eigenvalue weighted by atomic mass is 9.88. The molecule has 11 nitrogen and oxygen atoms in total. The molecule has 2 aliphatic rings. The Hall–Kier alpha value is -0.613. The van der Waals surface area contributed by atoms with Gasteiger partial charge in [-0.2, -0.15) is 16.8 Å². The van der Waals surface area contributed by atoms with E-state index in [9.17, 15) is 21.6 Å². The first-order chi connectivity index (χ1) is 18.3. The molecule has 1 saturated carbocycles. The first-order valence-electron chi connectivity index (χ1n) is 14.2. The number of hydrogen-bond acceptors (Lipinski definition) is 10. The summed E-state index contributed by atoms with van der Waals surface area (Å²) in [6, 6.07) is 0. The van der Waals surface area contributed by atoms with Gasteiger partial charge in [-0.3, -0.25) is 13.2 Å². The Bertz CT molecular complexity index is 1020. The minimum atomic E-state index is -3.79. The van der Waals surface area contributed by atoms with Crippen LogP contribution in [0.4, 0.5) is 0 Å². The molecule has 0 amide bonds. The highest BCUT2D eigenvalue weighted by molar-refractivity contribution is 7.86. The Kier molecular flexibility index (Phi) is 13.1. The second-order valence-corrected chi connectivity index (χ2v) is 20.7. The molecule has 2 rings (SSSR count). The van der Waals surface area contributed by atoms with Gasteiger partial charge in [-0.15, -0.1) is 0 Å². The third-order valence-corrected chi connectivity index (χ3v) is 13.9. The fourth-order valence-electron chi connectivity index (χ4n) is 5.13. The molecule has 0 bridgehead atoms. The number of rotatable bonds is 16. The molecule has 0 aromatic heterocycles. The molecule has 0 aromatic rings. The zero-order valence-corrected chi connectivity index (χ0v) is 27.7. The van der Waals surface area contributed by atoms with E-state index in [0.29, 0.717) is 26.1 Å². The highest BCUT2D eigenvalue weighted by Crippen LogP contribution is 2.44. The largest absolute Gasteiger partial charge is 0.481 e. The summed E-state index contributed by atoms with van der Waals surface area (Å²) in [5.41, 5.74) is 0. The molecule has 0 spiro atoms. The van der Waals surface area contributed by atoms with Gasteiger partial charge in [-0.1, -0.05) is 20.8 Å². The minimum absolute atomic E-state index is 0.0366. The SMILES string of the molecule is CC(C)(C)[Si](C)(C)OC[C@@H]1[C@@H](CC[C@@H](CCCC(=O)O)OS(C)(=O)=O)[C@H](OS(C)(=O)=O)C[C@H]1OC1CCCCO1. The van der Waals surface area contributed by atoms with Crippen LogP contribution in [0.5, 0.6) is 0 Å². The summed E-state index contributed by atoms with van der Waals surface area (Å²) in [5, 5.41) is 8.98. The molecule has 1 heterocycles. The lowest BCUT2D eigenvalue weighted by molar-refractivity contribution is -0.197. The van der Waals surface area contributed by atoms with Gasteiger partial charge in [0.05, 0.1) is 30.8 Å². The molecule has 1 unspecified atom stereocenters. The molecule has 0 radical (unpaired) electrons. The molecule has 1 saturated heterocycles. The maximum Gasteiger partial charge on any atom is 0.303 e. The van der Waals surface area contributed by atoms with Crippen LogP contribution in [0.2, 0.25) is 18.1 Å². The van der Waals surface area contributed by atoms with Crippen LogP contribution in [-0.2, 0) is 47.3 Å². The van der Waals surface area contributed by atoms with Crippen LogP contribution in [0.1, 0.15) is 78.6 Å². The predicted octanol–water partition coefficient (Wildman–Crippen LogP) is 4.28. The van der Waals surface area contributed by atoms with E-state index in [4.69, 9.17) is 27.4 Å². The molecule has 236 valence electrons. The quantitative estimate of drug-likeness (QED) is 0.192. The number of carbonyl (C=O) groups is 1. The summed E-state index contributed by atoms with van der Waals surface area (Å²) in [5.74, 6) is -1.51. The third kappa shape index (κ3) is 12.3. The van der Waals surface area contributed by atoms with Crippen LogP contribution in [-0.4, -0.2) is 86.6 Å². The molecule has 40 heavy (non-hydrogen) atoms. The van der Waals surface area contributed by atoms with Crippen LogP contribution in [0, 0.1) is 11.8 Å². The maximum absolute atomic E-state index is 12.2. The van der Waals surface area contributed by atoms with Crippen molar-refractivity contribution < 1.29 is 49.0 Å². The van der Waals surface area contributed by atoms with Crippen LogP contribution >= 0.6 is 0 Å². The van der Waals surface area contributed by atoms with Gasteiger partial charge < -0.3 is 19.0 Å². The molecule has 1 aliphatic carbocycles. The van der Waals surface area contributed by atoms with Crippen molar-refractivity contribution in [3.05, 3.63) is 0 Å². The van der Waals surface area contributed by atoms with E-state index >= 15 is 0 Å². The van der Waals surface area contributed by atoms with Crippen molar-refractivity contribution in [2.45, 2.75) is 121 Å². The highest BCUT2D eigenvalue weighted by atomic mass is 32.2. The Morgan fingerprint density at radius 1 is 1.02 bits per heavy atom. The fourth-order valence-corrected chi connectivity index (χ4v) is 7.53. The van der Waals surface area contributed by atoms with E-state index in [1.165, 1.54) is 0 Å². The van der Waals surface area contributed by atoms with Crippen molar-refractivity contribution in [2.75, 3.05) is 25.7 Å². The highest BCUT2D eigenvalue weighted by Gasteiger charge is 2.48. The normalized spacial score (nSPS) is 27.5. The summed E-state index contributed by atoms with van der Waals surface area (Å²) in [6.45, 7) is 11.7. The standard InChI is InChI=1S/C26H50O11S2Si/c1-26(2,3)40(6,7)34-18-21-20(15-14-19(36-38(4,29)30)11-10-12-24(27)28)23(37-39(5,31)32)17-22(21)35-25-13-8-9-16-33-25/h19-23,25H,8-18H2,1-7H3,(H,27,28)/t19-,20-,21-,22-,23-,25?/m1/s1. The van der Waals surface area contributed by atoms with Crippen LogP contribution in [0.25, 0.3) is 0 Å². The first kappa shape index (κ1) is 35.6. The molecule has 1 N–H and O–H groups in total. The van der Waals surface area contributed by atoms with Gasteiger partial charge in [-0.05, 0) is 69.0 Å². The Labute approximate surface area is 242 Å². The molecule has 6 atom stereocenters. The lowest BCUT2D eigenvalue weighted by Gasteiger charge is -2.39. The molecule has 0 aromatic carbocycles. The van der Waals surface area contributed by atoms with E-state index in [0.717, 1.165) is 31.8 Å². The van der Waals surface area contributed by atoms with Crippen molar-refractivity contribution in [3.8, 4) is 0 Å². The van der Waals surface area contributed by atoms with E-state index in [2.05, 4.69) is 33.9 Å². The second-order valence-electron chi connectivity index (χ2n) is 12.7. The predicted molar refractivity (Wildman–Crippen MR) is 153 cm³/mol. The smallest absolute Gasteiger partial charge is 0.303 e. The molecular formula is C26H50O11S2Si. The number of aliphatic carboxylic acids is 1.